The molecular formula is C15H20N4O2. The third kappa shape index (κ3) is 2.46. The summed E-state index contributed by atoms with van der Waals surface area (Å²) in [5.74, 6) is 0.355. The lowest BCUT2D eigenvalue weighted by Gasteiger charge is -2.13. The predicted octanol–water partition coefficient (Wildman–Crippen LogP) is 2.58. The lowest BCUT2D eigenvalue weighted by molar-refractivity contribution is 0.436. The summed E-state index contributed by atoms with van der Waals surface area (Å²) in [6, 6.07) is 0.199. The fourth-order valence-electron chi connectivity index (χ4n) is 3.07. The first-order chi connectivity index (χ1) is 10.1. The fraction of sp³-hybridized carbons (Fsp3) is 0.533. The van der Waals surface area contributed by atoms with Crippen molar-refractivity contribution in [3.05, 3.63) is 28.4 Å². The molecule has 2 aromatic heterocycles. The molecule has 2 N–H and O–H groups in total. The Balaban J connectivity index is 2.06. The fourth-order valence-corrected chi connectivity index (χ4v) is 3.07. The Morgan fingerprint density at radius 1 is 1.38 bits per heavy atom. The molecule has 0 radical (unpaired) electrons. The van der Waals surface area contributed by atoms with Crippen LogP contribution in [0.25, 0.3) is 11.5 Å². The normalized spacial score (nSPS) is 16.0. The van der Waals surface area contributed by atoms with Crippen molar-refractivity contribution >= 4 is 0 Å². The Bertz CT molecular complexity index is 696. The molecule has 0 aliphatic heterocycles. The molecule has 0 atom stereocenters. The minimum absolute atomic E-state index is 0.130. The maximum atomic E-state index is 12.3. The van der Waals surface area contributed by atoms with Gasteiger partial charge in [-0.1, -0.05) is 12.8 Å². The van der Waals surface area contributed by atoms with Gasteiger partial charge in [0.2, 0.25) is 5.88 Å². The second-order valence-corrected chi connectivity index (χ2v) is 5.91. The highest BCUT2D eigenvalue weighted by atomic mass is 16.3. The molecular weight excluding hydrogens is 268 g/mol. The molecule has 1 aliphatic carbocycles. The van der Waals surface area contributed by atoms with Gasteiger partial charge in [0.05, 0.1) is 18.1 Å². The summed E-state index contributed by atoms with van der Waals surface area (Å²) in [5, 5.41) is 10.2. The lowest BCUT2D eigenvalue weighted by Crippen LogP contribution is -2.18. The van der Waals surface area contributed by atoms with Crippen LogP contribution < -0.4 is 5.56 Å². The summed E-state index contributed by atoms with van der Waals surface area (Å²) in [7, 11) is 0. The van der Waals surface area contributed by atoms with E-state index in [1.54, 1.807) is 12.5 Å². The van der Waals surface area contributed by atoms with E-state index < -0.39 is 0 Å². The first kappa shape index (κ1) is 13.9. The van der Waals surface area contributed by atoms with Gasteiger partial charge in [-0.25, -0.2) is 4.98 Å². The van der Waals surface area contributed by atoms with Crippen LogP contribution in [0.15, 0.2) is 17.3 Å². The minimum Gasteiger partial charge on any atom is -0.493 e. The zero-order valence-electron chi connectivity index (χ0n) is 12.3. The van der Waals surface area contributed by atoms with E-state index in [0.29, 0.717) is 17.1 Å². The van der Waals surface area contributed by atoms with Gasteiger partial charge < -0.3 is 14.7 Å². The molecule has 112 valence electrons. The molecule has 0 amide bonds. The van der Waals surface area contributed by atoms with Gasteiger partial charge in [-0.05, 0) is 32.6 Å². The van der Waals surface area contributed by atoms with E-state index in [1.807, 2.05) is 18.4 Å². The molecule has 3 rings (SSSR count). The maximum absolute atomic E-state index is 12.3. The first-order valence-electron chi connectivity index (χ1n) is 7.43. The molecule has 2 aromatic rings. The van der Waals surface area contributed by atoms with Gasteiger partial charge in [-0.2, -0.15) is 4.98 Å². The number of nitrogens with one attached hydrogen (secondary N) is 1. The number of H-pyrrole nitrogens is 1. The number of imidazole rings is 1. The van der Waals surface area contributed by atoms with Crippen molar-refractivity contribution in [1.29, 1.82) is 0 Å². The van der Waals surface area contributed by atoms with Crippen molar-refractivity contribution in [2.75, 3.05) is 0 Å². The molecule has 0 bridgehead atoms. The summed E-state index contributed by atoms with van der Waals surface area (Å²) < 4.78 is 1.91. The highest BCUT2D eigenvalue weighted by molar-refractivity contribution is 5.50. The van der Waals surface area contributed by atoms with Crippen molar-refractivity contribution < 1.29 is 5.11 Å². The van der Waals surface area contributed by atoms with Crippen LogP contribution in [0.3, 0.4) is 0 Å². The standard InChI is InChI=1S/C15H20N4O2/c1-9(2)19-8-16-7-11(19)13-17-14(20)12(15(21)18-13)10-5-3-4-6-10/h7-10H,3-6H2,1-2H3,(H2,17,18,20,21). The number of aromatic nitrogens is 4. The third-order valence-electron chi connectivity index (χ3n) is 4.16. The van der Waals surface area contributed by atoms with Gasteiger partial charge in [0.1, 0.15) is 5.69 Å². The van der Waals surface area contributed by atoms with E-state index in [9.17, 15) is 9.90 Å². The van der Waals surface area contributed by atoms with Gasteiger partial charge >= 0.3 is 0 Å². The summed E-state index contributed by atoms with van der Waals surface area (Å²) >= 11 is 0. The number of aromatic hydroxyl groups is 1. The number of hydrogen-bond donors (Lipinski definition) is 2. The van der Waals surface area contributed by atoms with Crippen LogP contribution in [-0.2, 0) is 0 Å². The van der Waals surface area contributed by atoms with Crippen molar-refractivity contribution in [3.8, 4) is 17.4 Å². The Kier molecular flexibility index (Phi) is 3.53. The highest BCUT2D eigenvalue weighted by Gasteiger charge is 2.25. The Labute approximate surface area is 122 Å². The third-order valence-corrected chi connectivity index (χ3v) is 4.16. The number of rotatable bonds is 3. The van der Waals surface area contributed by atoms with Gasteiger partial charge in [-0.15, -0.1) is 0 Å². The van der Waals surface area contributed by atoms with Gasteiger partial charge in [0.15, 0.2) is 5.82 Å². The Morgan fingerprint density at radius 2 is 2.10 bits per heavy atom. The monoisotopic (exact) mass is 288 g/mol. The second kappa shape index (κ2) is 5.35. The number of nitrogens with zero attached hydrogens (tertiary/aromatic N) is 3. The van der Waals surface area contributed by atoms with Gasteiger partial charge in [-0.3, -0.25) is 4.79 Å². The van der Waals surface area contributed by atoms with E-state index in [4.69, 9.17) is 0 Å². The van der Waals surface area contributed by atoms with Crippen LogP contribution in [0.1, 0.15) is 57.1 Å². The average Bonchev–Trinajstić information content (AvgIpc) is 3.09. The molecule has 6 nitrogen and oxygen atoms in total. The molecule has 2 heterocycles. The topological polar surface area (TPSA) is 83.8 Å². The van der Waals surface area contributed by atoms with Crippen molar-refractivity contribution in [2.24, 2.45) is 0 Å². The maximum Gasteiger partial charge on any atom is 0.258 e. The second-order valence-electron chi connectivity index (χ2n) is 5.91. The zero-order valence-corrected chi connectivity index (χ0v) is 12.3. The van der Waals surface area contributed by atoms with Gasteiger partial charge in [0.25, 0.3) is 5.56 Å². The predicted molar refractivity (Wildman–Crippen MR) is 79.3 cm³/mol. The summed E-state index contributed by atoms with van der Waals surface area (Å²) in [5.41, 5.74) is 0.906. The molecule has 1 aliphatic rings. The summed E-state index contributed by atoms with van der Waals surface area (Å²) in [6.07, 6.45) is 7.44. The quantitative estimate of drug-likeness (QED) is 0.909. The minimum atomic E-state index is -0.235. The molecule has 0 unspecified atom stereocenters. The average molecular weight is 288 g/mol. The van der Waals surface area contributed by atoms with Crippen LogP contribution in [0.2, 0.25) is 0 Å². The molecule has 1 saturated carbocycles. The van der Waals surface area contributed by atoms with E-state index >= 15 is 0 Å². The van der Waals surface area contributed by atoms with Crippen LogP contribution in [0.4, 0.5) is 0 Å². The molecule has 21 heavy (non-hydrogen) atoms. The number of aromatic amines is 1. The lowest BCUT2D eigenvalue weighted by atomic mass is 10.00. The van der Waals surface area contributed by atoms with Crippen molar-refractivity contribution in [3.63, 3.8) is 0 Å². The van der Waals surface area contributed by atoms with E-state index in [1.165, 1.54) is 0 Å². The van der Waals surface area contributed by atoms with Crippen molar-refractivity contribution in [1.82, 2.24) is 19.5 Å². The highest BCUT2D eigenvalue weighted by Crippen LogP contribution is 2.36. The van der Waals surface area contributed by atoms with Crippen LogP contribution in [0, 0.1) is 0 Å². The molecule has 0 saturated heterocycles. The largest absolute Gasteiger partial charge is 0.493 e. The molecule has 0 spiro atoms. The SMILES string of the molecule is CC(C)n1cncc1-c1nc(O)c(C2CCCC2)c(=O)[nH]1. The summed E-state index contributed by atoms with van der Waals surface area (Å²) in [6.45, 7) is 4.05. The summed E-state index contributed by atoms with van der Waals surface area (Å²) in [4.78, 5) is 23.4. The molecule has 6 heteroatoms. The number of hydrogen-bond acceptors (Lipinski definition) is 4. The van der Waals surface area contributed by atoms with E-state index in [0.717, 1.165) is 25.7 Å². The zero-order chi connectivity index (χ0) is 15.0. The van der Waals surface area contributed by atoms with Crippen LogP contribution in [-0.4, -0.2) is 24.6 Å². The molecule has 0 aromatic carbocycles. The van der Waals surface area contributed by atoms with Crippen LogP contribution in [0.5, 0.6) is 5.88 Å². The smallest absolute Gasteiger partial charge is 0.258 e. The van der Waals surface area contributed by atoms with Crippen LogP contribution >= 0.6 is 0 Å². The Hall–Kier alpha value is -2.11. The van der Waals surface area contributed by atoms with E-state index in [-0.39, 0.29) is 23.4 Å². The van der Waals surface area contributed by atoms with E-state index in [2.05, 4.69) is 15.0 Å². The van der Waals surface area contributed by atoms with Gasteiger partial charge in [0, 0.05) is 6.04 Å². The Morgan fingerprint density at radius 3 is 2.71 bits per heavy atom. The van der Waals surface area contributed by atoms with Crippen molar-refractivity contribution in [2.45, 2.75) is 51.5 Å². The molecule has 1 fully saturated rings. The first-order valence-corrected chi connectivity index (χ1v) is 7.43.